The average Bonchev–Trinajstić information content (AvgIpc) is 3.47. The quantitative estimate of drug-likeness (QED) is 0.172. The van der Waals surface area contributed by atoms with Gasteiger partial charge in [-0.05, 0) is 99.5 Å². The predicted octanol–water partition coefficient (Wildman–Crippen LogP) is 7.96. The highest BCUT2D eigenvalue weighted by atomic mass is 16.2. The number of aryl methyl sites for hydroxylation is 4. The van der Waals surface area contributed by atoms with E-state index in [1.807, 2.05) is 88.4 Å². The molecule has 0 aliphatic carbocycles. The first kappa shape index (κ1) is 30.2. The molecule has 10 nitrogen and oxygen atoms in total. The molecule has 5 aromatic carbocycles. The summed E-state index contributed by atoms with van der Waals surface area (Å²) in [6.45, 7) is 7.61. The number of fused-ring (bicyclic) bond motifs is 2. The number of hydrogen-bond acceptors (Lipinski definition) is 8. The Morgan fingerprint density at radius 1 is 0.375 bits per heavy atom. The lowest BCUT2D eigenvalue weighted by Crippen LogP contribution is -2.24. The molecule has 0 amide bonds. The smallest absolute Gasteiger partial charge is 0.266 e. The van der Waals surface area contributed by atoms with Gasteiger partial charge in [0.2, 0.25) is 0 Å². The van der Waals surface area contributed by atoms with Crippen molar-refractivity contribution in [2.24, 2.45) is 20.5 Å². The van der Waals surface area contributed by atoms with E-state index in [0.29, 0.717) is 22.7 Å². The lowest BCUT2D eigenvalue weighted by atomic mass is 10.1. The monoisotopic (exact) mass is 632 g/mol. The number of hydrogen-bond donors (Lipinski definition) is 0. The SMILES string of the molecule is Cc1ccc(N=Nc2ccc(C)cc2-n2c(=O)c3cc4c(=O)n(-c5cc(C)ccc5N=Nc5ccc(C)cc5)c(=O)c4cc3c2=O)cc1. The minimum Gasteiger partial charge on any atom is -0.268 e. The lowest BCUT2D eigenvalue weighted by Gasteiger charge is -2.06. The van der Waals surface area contributed by atoms with Crippen molar-refractivity contribution >= 4 is 44.3 Å². The van der Waals surface area contributed by atoms with E-state index in [0.717, 1.165) is 31.4 Å². The Kier molecular flexibility index (Phi) is 7.40. The zero-order chi connectivity index (χ0) is 33.7. The van der Waals surface area contributed by atoms with E-state index in [1.54, 1.807) is 24.3 Å². The van der Waals surface area contributed by atoms with Gasteiger partial charge in [0.25, 0.3) is 22.2 Å². The summed E-state index contributed by atoms with van der Waals surface area (Å²) in [5.41, 5.74) is 3.59. The fourth-order valence-corrected chi connectivity index (χ4v) is 5.65. The molecule has 2 heterocycles. The van der Waals surface area contributed by atoms with Gasteiger partial charge in [0.15, 0.2) is 0 Å². The van der Waals surface area contributed by atoms with Crippen molar-refractivity contribution in [3.8, 4) is 11.4 Å². The first-order valence-electron chi connectivity index (χ1n) is 15.2. The van der Waals surface area contributed by atoms with Crippen LogP contribution in [0.15, 0.2) is 137 Å². The third kappa shape index (κ3) is 5.28. The normalized spacial score (nSPS) is 11.9. The molecule has 7 aromatic rings. The van der Waals surface area contributed by atoms with E-state index >= 15 is 0 Å². The van der Waals surface area contributed by atoms with Crippen molar-refractivity contribution < 1.29 is 0 Å². The van der Waals surface area contributed by atoms with E-state index in [4.69, 9.17) is 0 Å². The lowest BCUT2D eigenvalue weighted by molar-refractivity contribution is 0.978. The summed E-state index contributed by atoms with van der Waals surface area (Å²) in [4.78, 5) is 55.4. The topological polar surface area (TPSA) is 128 Å². The van der Waals surface area contributed by atoms with Crippen molar-refractivity contribution in [2.75, 3.05) is 0 Å². The molecule has 48 heavy (non-hydrogen) atoms. The van der Waals surface area contributed by atoms with Gasteiger partial charge >= 0.3 is 0 Å². The number of azo groups is 2. The van der Waals surface area contributed by atoms with Crippen molar-refractivity contribution in [1.82, 2.24) is 9.13 Å². The average molecular weight is 633 g/mol. The van der Waals surface area contributed by atoms with Crippen LogP contribution in [0.4, 0.5) is 22.7 Å². The van der Waals surface area contributed by atoms with E-state index in [2.05, 4.69) is 20.5 Å². The largest absolute Gasteiger partial charge is 0.268 e. The van der Waals surface area contributed by atoms with Crippen LogP contribution in [0.1, 0.15) is 22.3 Å². The van der Waals surface area contributed by atoms with Crippen LogP contribution in [0.3, 0.4) is 0 Å². The molecule has 0 N–H and O–H groups in total. The Morgan fingerprint density at radius 3 is 1.02 bits per heavy atom. The van der Waals surface area contributed by atoms with Crippen LogP contribution in [0.2, 0.25) is 0 Å². The Balaban J connectivity index is 1.37. The summed E-state index contributed by atoms with van der Waals surface area (Å²) in [7, 11) is 0. The molecule has 0 fully saturated rings. The maximum absolute atomic E-state index is 13.9. The van der Waals surface area contributed by atoms with E-state index in [1.165, 1.54) is 12.1 Å². The standard InChI is InChI=1S/C38H28N6O4/c1-21-5-11-25(12-6-21)39-41-31-15-9-23(3)17-33(31)43-35(45)27-19-29-30(20-28(27)36(43)46)38(48)44(37(29)47)34-18-24(4)10-16-32(34)42-40-26-13-7-22(2)8-14-26/h5-20H,1-4H3. The third-order valence-electron chi connectivity index (χ3n) is 8.25. The molecular formula is C38H28N6O4. The minimum absolute atomic E-state index is 0.0215. The molecule has 234 valence electrons. The zero-order valence-electron chi connectivity index (χ0n) is 26.6. The third-order valence-corrected chi connectivity index (χ3v) is 8.25. The van der Waals surface area contributed by atoms with Crippen molar-refractivity contribution in [1.29, 1.82) is 0 Å². The number of aromatic nitrogens is 2. The van der Waals surface area contributed by atoms with Crippen LogP contribution < -0.4 is 22.2 Å². The maximum atomic E-state index is 13.9. The van der Waals surface area contributed by atoms with Gasteiger partial charge in [0.1, 0.15) is 11.4 Å². The predicted molar refractivity (Wildman–Crippen MR) is 188 cm³/mol. The fraction of sp³-hybridized carbons (Fsp3) is 0.105. The zero-order valence-corrected chi connectivity index (χ0v) is 26.6. The summed E-state index contributed by atoms with van der Waals surface area (Å²) in [5, 5.41) is 17.4. The first-order chi connectivity index (χ1) is 23.1. The second-order valence-corrected chi connectivity index (χ2v) is 11.9. The van der Waals surface area contributed by atoms with Crippen LogP contribution in [-0.2, 0) is 0 Å². The number of benzene rings is 5. The van der Waals surface area contributed by atoms with Crippen molar-refractivity contribution in [2.45, 2.75) is 27.7 Å². The second-order valence-electron chi connectivity index (χ2n) is 11.9. The summed E-state index contributed by atoms with van der Waals surface area (Å²) >= 11 is 0. The Morgan fingerprint density at radius 2 is 0.688 bits per heavy atom. The molecule has 0 unspecified atom stereocenters. The highest BCUT2D eigenvalue weighted by Crippen LogP contribution is 2.29. The Bertz CT molecular complexity index is 2410. The summed E-state index contributed by atoms with van der Waals surface area (Å²) in [6.07, 6.45) is 0. The van der Waals surface area contributed by atoms with Crippen LogP contribution in [0.5, 0.6) is 0 Å². The second kappa shape index (κ2) is 11.7. The van der Waals surface area contributed by atoms with Gasteiger partial charge < -0.3 is 0 Å². The maximum Gasteiger partial charge on any atom is 0.266 e. The molecule has 0 saturated carbocycles. The van der Waals surface area contributed by atoms with Gasteiger partial charge in [0.05, 0.1) is 44.3 Å². The van der Waals surface area contributed by atoms with Crippen LogP contribution in [0, 0.1) is 27.7 Å². The van der Waals surface area contributed by atoms with E-state index in [9.17, 15) is 19.2 Å². The molecule has 0 aliphatic rings. The van der Waals surface area contributed by atoms with E-state index in [-0.39, 0.29) is 32.9 Å². The molecular weight excluding hydrogens is 604 g/mol. The fourth-order valence-electron chi connectivity index (χ4n) is 5.65. The number of nitrogens with zero attached hydrogens (tertiary/aromatic N) is 6. The molecule has 0 saturated heterocycles. The van der Waals surface area contributed by atoms with Crippen molar-refractivity contribution in [3.05, 3.63) is 161 Å². The van der Waals surface area contributed by atoms with Gasteiger partial charge in [-0.1, -0.05) is 47.5 Å². The van der Waals surface area contributed by atoms with Crippen LogP contribution >= 0.6 is 0 Å². The summed E-state index contributed by atoms with van der Waals surface area (Å²) < 4.78 is 2.04. The van der Waals surface area contributed by atoms with Crippen LogP contribution in [-0.4, -0.2) is 9.13 Å². The van der Waals surface area contributed by atoms with Gasteiger partial charge in [0, 0.05) is 0 Å². The van der Waals surface area contributed by atoms with Gasteiger partial charge in [-0.25, -0.2) is 9.13 Å². The highest BCUT2D eigenvalue weighted by molar-refractivity contribution is 5.98. The molecule has 7 rings (SSSR count). The molecule has 0 spiro atoms. The molecule has 0 atom stereocenters. The molecule has 10 heteroatoms. The first-order valence-corrected chi connectivity index (χ1v) is 15.2. The Labute approximate surface area is 273 Å². The Hall–Kier alpha value is -6.42. The molecule has 2 aromatic heterocycles. The van der Waals surface area contributed by atoms with Crippen LogP contribution in [0.25, 0.3) is 32.9 Å². The van der Waals surface area contributed by atoms with E-state index < -0.39 is 22.2 Å². The van der Waals surface area contributed by atoms with Gasteiger partial charge in [-0.3, -0.25) is 19.2 Å². The highest BCUT2D eigenvalue weighted by Gasteiger charge is 2.23. The minimum atomic E-state index is -0.628. The number of rotatable bonds is 6. The van der Waals surface area contributed by atoms with Gasteiger partial charge in [-0.15, -0.1) is 10.2 Å². The molecule has 0 bridgehead atoms. The summed E-state index contributed by atoms with van der Waals surface area (Å²) in [5.74, 6) is 0. The molecule has 0 radical (unpaired) electrons. The summed E-state index contributed by atoms with van der Waals surface area (Å²) in [6, 6.07) is 27.9. The van der Waals surface area contributed by atoms with Crippen molar-refractivity contribution in [3.63, 3.8) is 0 Å². The van der Waals surface area contributed by atoms with Gasteiger partial charge in [-0.2, -0.15) is 10.2 Å². The molecule has 0 aliphatic heterocycles.